The summed E-state index contributed by atoms with van der Waals surface area (Å²) in [7, 11) is 0. The van der Waals surface area contributed by atoms with Gasteiger partial charge in [-0.15, -0.1) is 17.8 Å². The molecule has 1 unspecified atom stereocenters. The van der Waals surface area contributed by atoms with Gasteiger partial charge in [-0.1, -0.05) is 12.0 Å². The lowest BCUT2D eigenvalue weighted by molar-refractivity contribution is 0.0958. The molecular formula is C16H17N3O2S. The van der Waals surface area contributed by atoms with Crippen LogP contribution in [0.15, 0.2) is 35.8 Å². The first kappa shape index (κ1) is 16.0. The Balaban J connectivity index is 2.03. The largest absolute Gasteiger partial charge is 0.396 e. The number of aliphatic hydroxyl groups excluding tert-OH is 1. The van der Waals surface area contributed by atoms with Crippen LogP contribution in [0.2, 0.25) is 0 Å². The smallest absolute Gasteiger partial charge is 0.253 e. The van der Waals surface area contributed by atoms with E-state index in [-0.39, 0.29) is 25.1 Å². The zero-order chi connectivity index (χ0) is 15.8. The SMILES string of the molecule is C#CCNC(=O)c1ccc(NC(CCO)c2cccs2)nc1. The number of thiophene rings is 1. The first-order valence-electron chi connectivity index (χ1n) is 6.83. The average Bonchev–Trinajstić information content (AvgIpc) is 3.07. The van der Waals surface area contributed by atoms with Crippen LogP contribution in [0.4, 0.5) is 5.82 Å². The molecule has 0 bridgehead atoms. The van der Waals surface area contributed by atoms with E-state index in [1.54, 1.807) is 23.5 Å². The molecule has 0 fully saturated rings. The summed E-state index contributed by atoms with van der Waals surface area (Å²) in [5.74, 6) is 2.75. The van der Waals surface area contributed by atoms with Crippen molar-refractivity contribution in [3.63, 3.8) is 0 Å². The third-order valence-corrected chi connectivity index (χ3v) is 3.99. The second-order valence-corrected chi connectivity index (χ2v) is 5.52. The van der Waals surface area contributed by atoms with Crippen molar-refractivity contribution in [2.24, 2.45) is 0 Å². The molecule has 0 radical (unpaired) electrons. The fourth-order valence-corrected chi connectivity index (χ4v) is 2.74. The van der Waals surface area contributed by atoms with E-state index in [0.717, 1.165) is 4.88 Å². The van der Waals surface area contributed by atoms with Gasteiger partial charge in [-0.05, 0) is 30.0 Å². The molecule has 0 aliphatic heterocycles. The molecule has 0 spiro atoms. The van der Waals surface area contributed by atoms with Crippen LogP contribution >= 0.6 is 11.3 Å². The van der Waals surface area contributed by atoms with E-state index in [1.165, 1.54) is 6.20 Å². The highest BCUT2D eigenvalue weighted by Gasteiger charge is 2.13. The van der Waals surface area contributed by atoms with Crippen molar-refractivity contribution in [3.8, 4) is 12.3 Å². The number of amides is 1. The van der Waals surface area contributed by atoms with Gasteiger partial charge in [0.05, 0.1) is 18.2 Å². The van der Waals surface area contributed by atoms with Crippen molar-refractivity contribution >= 4 is 23.1 Å². The molecule has 0 aliphatic carbocycles. The van der Waals surface area contributed by atoms with Crippen molar-refractivity contribution in [1.82, 2.24) is 10.3 Å². The van der Waals surface area contributed by atoms with Crippen LogP contribution in [0.5, 0.6) is 0 Å². The second-order valence-electron chi connectivity index (χ2n) is 4.54. The molecule has 5 nitrogen and oxygen atoms in total. The summed E-state index contributed by atoms with van der Waals surface area (Å²) >= 11 is 1.62. The molecule has 1 atom stereocenters. The number of hydrogen-bond acceptors (Lipinski definition) is 5. The lowest BCUT2D eigenvalue weighted by Crippen LogP contribution is -2.23. The molecule has 0 saturated carbocycles. The number of carbonyl (C=O) groups excluding carboxylic acids is 1. The van der Waals surface area contributed by atoms with E-state index >= 15 is 0 Å². The van der Waals surface area contributed by atoms with Gasteiger partial charge in [0.1, 0.15) is 5.82 Å². The summed E-state index contributed by atoms with van der Waals surface area (Å²) in [5.41, 5.74) is 0.454. The Bertz CT molecular complexity index is 632. The van der Waals surface area contributed by atoms with Crippen molar-refractivity contribution in [2.45, 2.75) is 12.5 Å². The number of aliphatic hydroxyl groups is 1. The van der Waals surface area contributed by atoms with Crippen LogP contribution in [0.25, 0.3) is 0 Å². The molecule has 114 valence electrons. The summed E-state index contributed by atoms with van der Waals surface area (Å²) in [5, 5.41) is 17.0. The Hall–Kier alpha value is -2.36. The highest BCUT2D eigenvalue weighted by molar-refractivity contribution is 7.10. The zero-order valence-corrected chi connectivity index (χ0v) is 12.8. The Morgan fingerprint density at radius 3 is 2.91 bits per heavy atom. The monoisotopic (exact) mass is 315 g/mol. The normalized spacial score (nSPS) is 11.5. The van der Waals surface area contributed by atoms with Crippen LogP contribution in [0, 0.1) is 12.3 Å². The van der Waals surface area contributed by atoms with Gasteiger partial charge in [0.2, 0.25) is 0 Å². The summed E-state index contributed by atoms with van der Waals surface area (Å²) in [6.07, 6.45) is 7.19. The van der Waals surface area contributed by atoms with Crippen molar-refractivity contribution in [1.29, 1.82) is 0 Å². The molecule has 2 aromatic rings. The third kappa shape index (κ3) is 4.32. The van der Waals surface area contributed by atoms with Gasteiger partial charge in [-0.3, -0.25) is 4.79 Å². The van der Waals surface area contributed by atoms with Gasteiger partial charge in [0.15, 0.2) is 0 Å². The molecular weight excluding hydrogens is 298 g/mol. The maximum absolute atomic E-state index is 11.7. The lowest BCUT2D eigenvalue weighted by atomic mass is 10.1. The van der Waals surface area contributed by atoms with Crippen LogP contribution in [-0.2, 0) is 0 Å². The molecule has 0 aliphatic rings. The van der Waals surface area contributed by atoms with Gasteiger partial charge >= 0.3 is 0 Å². The number of nitrogens with one attached hydrogen (secondary N) is 2. The first-order chi connectivity index (χ1) is 10.7. The standard InChI is InChI=1S/C16H17N3O2S/c1-2-8-17-16(21)12-5-6-15(18-11-12)19-13(7-9-20)14-4-3-10-22-14/h1,3-6,10-11,13,20H,7-9H2,(H,17,21)(H,18,19). The van der Waals surface area contributed by atoms with E-state index < -0.39 is 0 Å². The molecule has 6 heteroatoms. The van der Waals surface area contributed by atoms with E-state index in [0.29, 0.717) is 17.8 Å². The fraction of sp³-hybridized carbons (Fsp3) is 0.250. The highest BCUT2D eigenvalue weighted by atomic mass is 32.1. The molecule has 0 saturated heterocycles. The molecule has 22 heavy (non-hydrogen) atoms. The Morgan fingerprint density at radius 1 is 1.45 bits per heavy atom. The number of nitrogens with zero attached hydrogens (tertiary/aromatic N) is 1. The van der Waals surface area contributed by atoms with E-state index in [9.17, 15) is 9.90 Å². The van der Waals surface area contributed by atoms with Gasteiger partial charge in [-0.25, -0.2) is 4.98 Å². The number of aromatic nitrogens is 1. The summed E-state index contributed by atoms with van der Waals surface area (Å²) in [4.78, 5) is 17.1. The minimum Gasteiger partial charge on any atom is -0.396 e. The first-order valence-corrected chi connectivity index (χ1v) is 7.71. The van der Waals surface area contributed by atoms with Crippen molar-refractivity contribution in [3.05, 3.63) is 46.3 Å². The molecule has 1 amide bonds. The van der Waals surface area contributed by atoms with E-state index in [2.05, 4.69) is 21.5 Å². The predicted octanol–water partition coefficient (Wildman–Crippen LogP) is 2.04. The minimum atomic E-state index is -0.248. The highest BCUT2D eigenvalue weighted by Crippen LogP contribution is 2.25. The van der Waals surface area contributed by atoms with Gasteiger partial charge < -0.3 is 15.7 Å². The Kier molecular flexibility index (Phi) is 5.95. The van der Waals surface area contributed by atoms with Crippen LogP contribution in [0.1, 0.15) is 27.7 Å². The summed E-state index contributed by atoms with van der Waals surface area (Å²) < 4.78 is 0. The molecule has 3 N–H and O–H groups in total. The number of hydrogen-bond donors (Lipinski definition) is 3. The van der Waals surface area contributed by atoms with E-state index in [1.807, 2.05) is 17.5 Å². The number of carbonyl (C=O) groups is 1. The van der Waals surface area contributed by atoms with Crippen LogP contribution < -0.4 is 10.6 Å². The Morgan fingerprint density at radius 2 is 2.32 bits per heavy atom. The number of pyridine rings is 1. The second kappa shape index (κ2) is 8.17. The zero-order valence-electron chi connectivity index (χ0n) is 12.0. The van der Waals surface area contributed by atoms with Gasteiger partial charge in [0.25, 0.3) is 5.91 Å². The van der Waals surface area contributed by atoms with Crippen LogP contribution in [-0.4, -0.2) is 29.1 Å². The molecule has 0 aromatic carbocycles. The quantitative estimate of drug-likeness (QED) is 0.684. The van der Waals surface area contributed by atoms with Crippen molar-refractivity contribution < 1.29 is 9.90 Å². The summed E-state index contributed by atoms with van der Waals surface area (Å²) in [6.45, 7) is 0.276. The summed E-state index contributed by atoms with van der Waals surface area (Å²) in [6, 6.07) is 7.41. The third-order valence-electron chi connectivity index (χ3n) is 3.00. The van der Waals surface area contributed by atoms with Crippen molar-refractivity contribution in [2.75, 3.05) is 18.5 Å². The number of rotatable bonds is 7. The maximum atomic E-state index is 11.7. The fourth-order valence-electron chi connectivity index (χ4n) is 1.93. The molecule has 2 aromatic heterocycles. The topological polar surface area (TPSA) is 74.2 Å². The maximum Gasteiger partial charge on any atom is 0.253 e. The molecule has 2 heterocycles. The van der Waals surface area contributed by atoms with Gasteiger partial charge in [-0.2, -0.15) is 0 Å². The van der Waals surface area contributed by atoms with Crippen LogP contribution in [0.3, 0.4) is 0 Å². The van der Waals surface area contributed by atoms with E-state index in [4.69, 9.17) is 6.42 Å². The average molecular weight is 315 g/mol. The molecule has 2 rings (SSSR count). The van der Waals surface area contributed by atoms with Gasteiger partial charge in [0, 0.05) is 17.7 Å². The Labute approximate surface area is 133 Å². The number of terminal acetylenes is 1. The number of anilines is 1. The minimum absolute atomic E-state index is 0.00128. The lowest BCUT2D eigenvalue weighted by Gasteiger charge is -2.17. The predicted molar refractivity (Wildman–Crippen MR) is 87.8 cm³/mol.